The molecule has 2 aromatic rings. The first-order valence-electron chi connectivity index (χ1n) is 7.25. The first-order valence-corrected chi connectivity index (χ1v) is 7.25. The Morgan fingerprint density at radius 3 is 2.38 bits per heavy atom. The molecular formula is C16H21N3O2. The normalized spacial score (nSPS) is 10.6. The minimum absolute atomic E-state index is 0.171. The molecule has 21 heavy (non-hydrogen) atoms. The van der Waals surface area contributed by atoms with Gasteiger partial charge in [-0.3, -0.25) is 4.57 Å². The van der Waals surface area contributed by atoms with Gasteiger partial charge in [0.25, 0.3) is 0 Å². The number of nitrogens with two attached hydrogens (primary N) is 1. The second-order valence-corrected chi connectivity index (χ2v) is 4.70. The fourth-order valence-corrected chi connectivity index (χ4v) is 2.42. The molecule has 1 aromatic carbocycles. The minimum Gasteiger partial charge on any atom is -0.461 e. The average molecular weight is 287 g/mol. The molecule has 0 aliphatic carbocycles. The average Bonchev–Trinajstić information content (AvgIpc) is 2.88. The van der Waals surface area contributed by atoms with Crippen LogP contribution in [0.4, 0.5) is 5.82 Å². The summed E-state index contributed by atoms with van der Waals surface area (Å²) in [5.74, 6) is -0.162. The highest BCUT2D eigenvalue weighted by molar-refractivity contribution is 5.92. The van der Waals surface area contributed by atoms with E-state index in [-0.39, 0.29) is 5.69 Å². The summed E-state index contributed by atoms with van der Waals surface area (Å²) in [6.45, 7) is 6.25. The predicted molar refractivity (Wildman–Crippen MR) is 82.7 cm³/mol. The van der Waals surface area contributed by atoms with Gasteiger partial charge in [0.15, 0.2) is 5.69 Å². The van der Waals surface area contributed by atoms with Crippen molar-refractivity contribution in [3.05, 3.63) is 41.3 Å². The molecule has 5 heteroatoms. The third kappa shape index (κ3) is 2.77. The Hall–Kier alpha value is -2.30. The van der Waals surface area contributed by atoms with Crippen LogP contribution in [0.2, 0.25) is 0 Å². The maximum Gasteiger partial charge on any atom is 0.360 e. The number of carbonyl (C=O) groups is 1. The fraction of sp³-hybridized carbons (Fsp3) is 0.375. The van der Waals surface area contributed by atoms with Crippen molar-refractivity contribution >= 4 is 11.8 Å². The molecular weight excluding hydrogens is 266 g/mol. The van der Waals surface area contributed by atoms with E-state index in [4.69, 9.17) is 10.5 Å². The van der Waals surface area contributed by atoms with E-state index < -0.39 is 5.97 Å². The summed E-state index contributed by atoms with van der Waals surface area (Å²) in [6, 6.07) is 6.18. The number of para-hydroxylation sites is 1. The van der Waals surface area contributed by atoms with Crippen LogP contribution in [0.3, 0.4) is 0 Å². The largest absolute Gasteiger partial charge is 0.461 e. The molecule has 5 nitrogen and oxygen atoms in total. The number of aromatic nitrogens is 2. The summed E-state index contributed by atoms with van der Waals surface area (Å²) < 4.78 is 6.76. The molecule has 0 aliphatic rings. The quantitative estimate of drug-likeness (QED) is 0.858. The fourth-order valence-electron chi connectivity index (χ4n) is 2.42. The molecule has 0 unspecified atom stereocenters. The molecule has 0 amide bonds. The van der Waals surface area contributed by atoms with Crippen molar-refractivity contribution in [2.45, 2.75) is 33.6 Å². The Bertz CT molecular complexity index is 625. The second-order valence-electron chi connectivity index (χ2n) is 4.70. The SMILES string of the molecule is CCOC(=O)c1ncn(-c2c(CC)cccc2CC)c1N. The zero-order valence-corrected chi connectivity index (χ0v) is 12.7. The zero-order valence-electron chi connectivity index (χ0n) is 12.7. The van der Waals surface area contributed by atoms with Crippen molar-refractivity contribution in [1.82, 2.24) is 9.55 Å². The van der Waals surface area contributed by atoms with E-state index in [9.17, 15) is 4.79 Å². The summed E-state index contributed by atoms with van der Waals surface area (Å²) in [5.41, 5.74) is 9.65. The van der Waals surface area contributed by atoms with Gasteiger partial charge >= 0.3 is 5.97 Å². The molecule has 0 saturated heterocycles. The van der Waals surface area contributed by atoms with Crippen molar-refractivity contribution < 1.29 is 9.53 Å². The van der Waals surface area contributed by atoms with Crippen LogP contribution in [-0.4, -0.2) is 22.1 Å². The van der Waals surface area contributed by atoms with Gasteiger partial charge in [-0.25, -0.2) is 9.78 Å². The monoisotopic (exact) mass is 287 g/mol. The summed E-state index contributed by atoms with van der Waals surface area (Å²) >= 11 is 0. The first kappa shape index (κ1) is 15.1. The molecule has 0 radical (unpaired) electrons. The maximum absolute atomic E-state index is 11.8. The number of rotatable bonds is 5. The van der Waals surface area contributed by atoms with Crippen molar-refractivity contribution in [2.24, 2.45) is 0 Å². The van der Waals surface area contributed by atoms with Crippen LogP contribution in [0.25, 0.3) is 5.69 Å². The smallest absolute Gasteiger partial charge is 0.360 e. The van der Waals surface area contributed by atoms with E-state index in [0.29, 0.717) is 12.4 Å². The zero-order chi connectivity index (χ0) is 15.4. The van der Waals surface area contributed by atoms with Crippen LogP contribution in [0.5, 0.6) is 0 Å². The highest BCUT2D eigenvalue weighted by atomic mass is 16.5. The van der Waals surface area contributed by atoms with Gasteiger partial charge in [0.05, 0.1) is 12.3 Å². The first-order chi connectivity index (χ1) is 10.1. The lowest BCUT2D eigenvalue weighted by molar-refractivity contribution is 0.0521. The number of aryl methyl sites for hydroxylation is 2. The number of imidazole rings is 1. The van der Waals surface area contributed by atoms with Gasteiger partial charge in [-0.2, -0.15) is 0 Å². The Kier molecular flexibility index (Phi) is 4.62. The number of carbonyl (C=O) groups excluding carboxylic acids is 1. The van der Waals surface area contributed by atoms with Gasteiger partial charge in [-0.1, -0.05) is 32.0 Å². The van der Waals surface area contributed by atoms with Crippen LogP contribution in [0, 0.1) is 0 Å². The van der Waals surface area contributed by atoms with Gasteiger partial charge in [-0.15, -0.1) is 0 Å². The predicted octanol–water partition coefficient (Wildman–Crippen LogP) is 2.76. The van der Waals surface area contributed by atoms with E-state index in [1.54, 1.807) is 17.8 Å². The molecule has 0 spiro atoms. The lowest BCUT2D eigenvalue weighted by Crippen LogP contribution is -2.11. The minimum atomic E-state index is -0.485. The van der Waals surface area contributed by atoms with Gasteiger partial charge in [0.2, 0.25) is 0 Å². The van der Waals surface area contributed by atoms with Gasteiger partial charge in [-0.05, 0) is 30.9 Å². The molecule has 0 atom stereocenters. The summed E-state index contributed by atoms with van der Waals surface area (Å²) in [5, 5.41) is 0. The third-order valence-electron chi connectivity index (χ3n) is 3.48. The van der Waals surface area contributed by atoms with Gasteiger partial charge in [0, 0.05) is 0 Å². The lowest BCUT2D eigenvalue weighted by atomic mass is 10.0. The number of anilines is 1. The molecule has 0 fully saturated rings. The number of hydrogen-bond acceptors (Lipinski definition) is 4. The number of hydrogen-bond donors (Lipinski definition) is 1. The highest BCUT2D eigenvalue weighted by Gasteiger charge is 2.19. The van der Waals surface area contributed by atoms with Crippen molar-refractivity contribution in [3.8, 4) is 5.69 Å². The van der Waals surface area contributed by atoms with Gasteiger partial charge in [0.1, 0.15) is 12.1 Å². The Morgan fingerprint density at radius 2 is 1.86 bits per heavy atom. The second kappa shape index (κ2) is 6.43. The highest BCUT2D eigenvalue weighted by Crippen LogP contribution is 2.25. The summed E-state index contributed by atoms with van der Waals surface area (Å²) in [6.07, 6.45) is 3.36. The Morgan fingerprint density at radius 1 is 1.24 bits per heavy atom. The van der Waals surface area contributed by atoms with Crippen LogP contribution < -0.4 is 5.73 Å². The lowest BCUT2D eigenvalue weighted by Gasteiger charge is -2.15. The molecule has 112 valence electrons. The standard InChI is InChI=1S/C16H21N3O2/c1-4-11-8-7-9-12(5-2)14(11)19-10-18-13(15(19)17)16(20)21-6-3/h7-10H,4-6,17H2,1-3H3. The van der Waals surface area contributed by atoms with E-state index in [0.717, 1.165) is 18.5 Å². The molecule has 1 aromatic heterocycles. The Balaban J connectivity index is 2.56. The number of nitrogen functional groups attached to an aromatic ring is 1. The summed E-state index contributed by atoms with van der Waals surface area (Å²) in [4.78, 5) is 16.0. The molecule has 0 saturated carbocycles. The number of ether oxygens (including phenoxy) is 1. The van der Waals surface area contributed by atoms with Crippen molar-refractivity contribution in [2.75, 3.05) is 12.3 Å². The van der Waals surface area contributed by atoms with Crippen molar-refractivity contribution in [1.29, 1.82) is 0 Å². The van der Waals surface area contributed by atoms with Crippen LogP contribution in [0.1, 0.15) is 42.4 Å². The number of nitrogens with zero attached hydrogens (tertiary/aromatic N) is 2. The molecule has 0 aliphatic heterocycles. The number of esters is 1. The number of benzene rings is 1. The van der Waals surface area contributed by atoms with E-state index in [1.807, 2.05) is 6.07 Å². The van der Waals surface area contributed by atoms with Crippen LogP contribution in [-0.2, 0) is 17.6 Å². The van der Waals surface area contributed by atoms with E-state index >= 15 is 0 Å². The Labute approximate surface area is 124 Å². The van der Waals surface area contributed by atoms with E-state index in [2.05, 4.69) is 31.0 Å². The van der Waals surface area contributed by atoms with Crippen LogP contribution in [0.15, 0.2) is 24.5 Å². The molecule has 2 N–H and O–H groups in total. The van der Waals surface area contributed by atoms with E-state index in [1.165, 1.54) is 11.1 Å². The third-order valence-corrected chi connectivity index (χ3v) is 3.48. The van der Waals surface area contributed by atoms with Gasteiger partial charge < -0.3 is 10.5 Å². The van der Waals surface area contributed by atoms with Crippen LogP contribution >= 0.6 is 0 Å². The maximum atomic E-state index is 11.8. The molecule has 1 heterocycles. The van der Waals surface area contributed by atoms with Crippen molar-refractivity contribution in [3.63, 3.8) is 0 Å². The summed E-state index contributed by atoms with van der Waals surface area (Å²) in [7, 11) is 0. The topological polar surface area (TPSA) is 70.1 Å². The molecule has 2 rings (SSSR count). The molecule has 0 bridgehead atoms.